The lowest BCUT2D eigenvalue weighted by Gasteiger charge is -2.21. The maximum Gasteiger partial charge on any atom is 0.174 e. The summed E-state index contributed by atoms with van der Waals surface area (Å²) in [5, 5.41) is 12.0. The Labute approximate surface area is 120 Å². The first-order valence-corrected chi connectivity index (χ1v) is 7.68. The lowest BCUT2D eigenvalue weighted by molar-refractivity contribution is 0.439. The van der Waals surface area contributed by atoms with Crippen LogP contribution in [0.25, 0.3) is 10.7 Å². The van der Waals surface area contributed by atoms with Crippen molar-refractivity contribution >= 4 is 43.2 Å². The number of aromatic nitrogens is 3. The molecule has 1 unspecified atom stereocenters. The van der Waals surface area contributed by atoms with Gasteiger partial charge in [-0.25, -0.2) is 0 Å². The van der Waals surface area contributed by atoms with Crippen LogP contribution in [-0.2, 0) is 6.54 Å². The molecule has 1 atom stereocenters. The van der Waals surface area contributed by atoms with Gasteiger partial charge in [-0.05, 0) is 44.8 Å². The van der Waals surface area contributed by atoms with Crippen molar-refractivity contribution < 1.29 is 0 Å². The Balaban J connectivity index is 2.10. The minimum Gasteiger partial charge on any atom is -0.308 e. The summed E-state index contributed by atoms with van der Waals surface area (Å²) in [6, 6.07) is 2.36. The summed E-state index contributed by atoms with van der Waals surface area (Å²) >= 11 is 8.69. The van der Waals surface area contributed by atoms with E-state index in [2.05, 4.69) is 64.9 Å². The average molecular weight is 378 g/mol. The van der Waals surface area contributed by atoms with E-state index in [0.717, 1.165) is 37.9 Å². The van der Waals surface area contributed by atoms with Gasteiger partial charge in [0, 0.05) is 17.6 Å². The van der Waals surface area contributed by atoms with Crippen molar-refractivity contribution in [2.45, 2.75) is 19.5 Å². The molecule has 2 aromatic heterocycles. The van der Waals surface area contributed by atoms with Crippen molar-refractivity contribution in [3.63, 3.8) is 0 Å². The summed E-state index contributed by atoms with van der Waals surface area (Å²) in [5.41, 5.74) is 0. The molecule has 4 nitrogen and oxygen atoms in total. The van der Waals surface area contributed by atoms with Crippen LogP contribution in [0.2, 0.25) is 0 Å². The molecule has 0 aromatic carbocycles. The van der Waals surface area contributed by atoms with Crippen LogP contribution >= 0.6 is 43.2 Å². The standard InChI is InChI=1S/C10H10Br2N4S/c1-5-9-14-15-10(16(9)3-2-13-5)7-4-6(11)8(12)17-7/h4-5,13H,2-3H2,1H3. The molecule has 0 fully saturated rings. The lowest BCUT2D eigenvalue weighted by Crippen LogP contribution is -2.32. The number of hydrogen-bond acceptors (Lipinski definition) is 4. The first-order valence-electron chi connectivity index (χ1n) is 5.28. The molecule has 0 saturated heterocycles. The molecule has 90 valence electrons. The van der Waals surface area contributed by atoms with Gasteiger partial charge in [0.2, 0.25) is 0 Å². The second kappa shape index (κ2) is 4.46. The van der Waals surface area contributed by atoms with Gasteiger partial charge in [-0.1, -0.05) is 0 Å². The molecule has 7 heteroatoms. The van der Waals surface area contributed by atoms with Gasteiger partial charge in [0.05, 0.1) is 14.7 Å². The van der Waals surface area contributed by atoms with Crippen LogP contribution in [0.4, 0.5) is 0 Å². The number of halogens is 2. The molecule has 17 heavy (non-hydrogen) atoms. The first-order chi connectivity index (χ1) is 8.16. The molecule has 0 bridgehead atoms. The Hall–Kier alpha value is -0.240. The molecule has 0 spiro atoms. The Bertz CT molecular complexity index is 543. The number of thiophene rings is 1. The van der Waals surface area contributed by atoms with Gasteiger partial charge in [0.15, 0.2) is 5.82 Å². The molecule has 0 radical (unpaired) electrons. The van der Waals surface area contributed by atoms with Gasteiger partial charge in [0.25, 0.3) is 0 Å². The van der Waals surface area contributed by atoms with Crippen molar-refractivity contribution in [3.8, 4) is 10.7 Å². The summed E-state index contributed by atoms with van der Waals surface area (Å²) in [6.07, 6.45) is 0. The molecule has 3 heterocycles. The zero-order valence-corrected chi connectivity index (χ0v) is 13.1. The fourth-order valence-electron chi connectivity index (χ4n) is 1.98. The quantitative estimate of drug-likeness (QED) is 0.829. The molecular formula is C10H10Br2N4S. The van der Waals surface area contributed by atoms with Crippen LogP contribution in [0.5, 0.6) is 0 Å². The third-order valence-electron chi connectivity index (χ3n) is 2.82. The highest BCUT2D eigenvalue weighted by molar-refractivity contribution is 9.13. The molecule has 1 N–H and O–H groups in total. The van der Waals surface area contributed by atoms with E-state index in [0.29, 0.717) is 0 Å². The minimum atomic E-state index is 0.275. The summed E-state index contributed by atoms with van der Waals surface area (Å²) in [5.74, 6) is 1.98. The molecule has 3 rings (SSSR count). The highest BCUT2D eigenvalue weighted by Gasteiger charge is 2.23. The predicted molar refractivity (Wildman–Crippen MR) is 75.2 cm³/mol. The molecular weight excluding hydrogens is 368 g/mol. The third-order valence-corrected chi connectivity index (χ3v) is 6.07. The minimum absolute atomic E-state index is 0.275. The van der Waals surface area contributed by atoms with E-state index in [4.69, 9.17) is 0 Å². The monoisotopic (exact) mass is 376 g/mol. The predicted octanol–water partition coefficient (Wildman–Crippen LogP) is 3.20. The van der Waals surface area contributed by atoms with Crippen molar-refractivity contribution in [2.24, 2.45) is 0 Å². The van der Waals surface area contributed by atoms with Crippen LogP contribution in [0.15, 0.2) is 14.3 Å². The number of hydrogen-bond donors (Lipinski definition) is 1. The van der Waals surface area contributed by atoms with Crippen LogP contribution in [-0.4, -0.2) is 21.3 Å². The summed E-state index contributed by atoms with van der Waals surface area (Å²) in [6.45, 7) is 4.01. The average Bonchev–Trinajstić information content (AvgIpc) is 2.85. The Morgan fingerprint density at radius 1 is 1.47 bits per heavy atom. The lowest BCUT2D eigenvalue weighted by atomic mass is 10.2. The second-order valence-corrected chi connectivity index (χ2v) is 7.17. The zero-order valence-electron chi connectivity index (χ0n) is 9.07. The molecule has 1 aliphatic heterocycles. The van der Waals surface area contributed by atoms with E-state index in [1.54, 1.807) is 11.3 Å². The molecule has 0 amide bonds. The van der Waals surface area contributed by atoms with E-state index >= 15 is 0 Å². The number of nitrogens with zero attached hydrogens (tertiary/aromatic N) is 3. The highest BCUT2D eigenvalue weighted by atomic mass is 79.9. The van der Waals surface area contributed by atoms with E-state index in [-0.39, 0.29) is 6.04 Å². The van der Waals surface area contributed by atoms with E-state index in [1.165, 1.54) is 0 Å². The second-order valence-electron chi connectivity index (χ2n) is 3.94. The van der Waals surface area contributed by atoms with E-state index < -0.39 is 0 Å². The Morgan fingerprint density at radius 3 is 3.00 bits per heavy atom. The Kier molecular flexibility index (Phi) is 3.10. The van der Waals surface area contributed by atoms with Gasteiger partial charge in [-0.3, -0.25) is 0 Å². The third kappa shape index (κ3) is 1.99. The molecule has 2 aromatic rings. The normalized spacial score (nSPS) is 19.4. The van der Waals surface area contributed by atoms with E-state index in [9.17, 15) is 0 Å². The van der Waals surface area contributed by atoms with Crippen molar-refractivity contribution in [1.82, 2.24) is 20.1 Å². The maximum absolute atomic E-state index is 4.31. The zero-order chi connectivity index (χ0) is 12.0. The fourth-order valence-corrected chi connectivity index (χ4v) is 4.01. The largest absolute Gasteiger partial charge is 0.308 e. The summed E-state index contributed by atoms with van der Waals surface area (Å²) in [7, 11) is 0. The van der Waals surface area contributed by atoms with Gasteiger partial charge in [-0.15, -0.1) is 21.5 Å². The van der Waals surface area contributed by atoms with Crippen LogP contribution in [0.1, 0.15) is 18.8 Å². The topological polar surface area (TPSA) is 42.7 Å². The maximum atomic E-state index is 4.31. The van der Waals surface area contributed by atoms with Crippen LogP contribution in [0.3, 0.4) is 0 Å². The summed E-state index contributed by atoms with van der Waals surface area (Å²) in [4.78, 5) is 1.14. The fraction of sp³-hybridized carbons (Fsp3) is 0.400. The van der Waals surface area contributed by atoms with Gasteiger partial charge >= 0.3 is 0 Å². The highest BCUT2D eigenvalue weighted by Crippen LogP contribution is 2.38. The number of nitrogens with one attached hydrogen (secondary N) is 1. The molecule has 0 aliphatic carbocycles. The molecule has 0 saturated carbocycles. The van der Waals surface area contributed by atoms with Gasteiger partial charge in [0.1, 0.15) is 5.82 Å². The van der Waals surface area contributed by atoms with Crippen molar-refractivity contribution in [1.29, 1.82) is 0 Å². The van der Waals surface area contributed by atoms with Crippen LogP contribution in [0, 0.1) is 0 Å². The SMILES string of the molecule is CC1NCCn2c(-c3cc(Br)c(Br)s3)nnc21. The van der Waals surface area contributed by atoms with Crippen molar-refractivity contribution in [3.05, 3.63) is 20.1 Å². The van der Waals surface area contributed by atoms with Crippen LogP contribution < -0.4 is 5.32 Å². The smallest absolute Gasteiger partial charge is 0.174 e. The number of fused-ring (bicyclic) bond motifs is 1. The number of rotatable bonds is 1. The first kappa shape index (κ1) is 11.8. The van der Waals surface area contributed by atoms with Gasteiger partial charge in [-0.2, -0.15) is 0 Å². The van der Waals surface area contributed by atoms with E-state index in [1.807, 2.05) is 0 Å². The van der Waals surface area contributed by atoms with Gasteiger partial charge < -0.3 is 9.88 Å². The van der Waals surface area contributed by atoms with Crippen molar-refractivity contribution in [2.75, 3.05) is 6.54 Å². The molecule has 1 aliphatic rings. The summed E-state index contributed by atoms with van der Waals surface area (Å²) < 4.78 is 4.36. The Morgan fingerprint density at radius 2 is 2.29 bits per heavy atom.